The predicted molar refractivity (Wildman–Crippen MR) is 114 cm³/mol. The summed E-state index contributed by atoms with van der Waals surface area (Å²) in [5, 5.41) is 12.1. The molecule has 0 saturated carbocycles. The van der Waals surface area contributed by atoms with Gasteiger partial charge in [0, 0.05) is 17.5 Å². The number of aryl methyl sites for hydroxylation is 1. The van der Waals surface area contributed by atoms with E-state index in [-0.39, 0.29) is 11.5 Å². The average Bonchev–Trinajstić information content (AvgIpc) is 2.94. The Morgan fingerprint density at radius 1 is 1.27 bits per heavy atom. The first-order valence-corrected chi connectivity index (χ1v) is 10.6. The predicted octanol–water partition coefficient (Wildman–Crippen LogP) is 5.19. The van der Waals surface area contributed by atoms with E-state index >= 15 is 0 Å². The van der Waals surface area contributed by atoms with Gasteiger partial charge in [0.05, 0.1) is 16.3 Å². The lowest BCUT2D eigenvalue weighted by atomic mass is 10.0. The van der Waals surface area contributed by atoms with Crippen LogP contribution in [0.25, 0.3) is 0 Å². The number of Topliss-reactive ketones (excluding diaryl/α,β-unsaturated/α-hetero) is 1. The summed E-state index contributed by atoms with van der Waals surface area (Å²) in [7, 11) is 1.87. The number of hydrogen-bond acceptors (Lipinski definition) is 5. The summed E-state index contributed by atoms with van der Waals surface area (Å²) in [5.41, 5.74) is 2.78. The fourth-order valence-corrected chi connectivity index (χ4v) is 3.54. The van der Waals surface area contributed by atoms with Crippen LogP contribution in [0, 0.1) is 0 Å². The van der Waals surface area contributed by atoms with E-state index in [2.05, 4.69) is 25.2 Å². The molecule has 1 aromatic heterocycles. The number of aliphatic carboxylic acids is 1. The van der Waals surface area contributed by atoms with E-state index < -0.39 is 5.97 Å². The minimum Gasteiger partial charge on any atom is -0.481 e. The number of carbonyl (C=O) groups excluding carboxylic acids is 1. The highest BCUT2D eigenvalue weighted by molar-refractivity contribution is 7.99. The van der Waals surface area contributed by atoms with Crippen LogP contribution in [-0.2, 0) is 11.2 Å². The van der Waals surface area contributed by atoms with Crippen molar-refractivity contribution < 1.29 is 14.7 Å². The number of thiophene rings is 1. The van der Waals surface area contributed by atoms with Crippen LogP contribution >= 0.6 is 23.1 Å². The van der Waals surface area contributed by atoms with Gasteiger partial charge in [0.1, 0.15) is 0 Å². The zero-order chi connectivity index (χ0) is 19.5. The Kier molecular flexibility index (Phi) is 10.1. The average molecular weight is 394 g/mol. The molecule has 6 heteroatoms. The molecular formula is C20H27NO3S2. The maximum atomic E-state index is 12.6. The summed E-state index contributed by atoms with van der Waals surface area (Å²) >= 11 is 3.08. The van der Waals surface area contributed by atoms with Gasteiger partial charge >= 0.3 is 5.97 Å². The molecule has 1 aromatic rings. The van der Waals surface area contributed by atoms with Crippen molar-refractivity contribution in [1.29, 1.82) is 0 Å². The first-order valence-electron chi connectivity index (χ1n) is 8.62. The topological polar surface area (TPSA) is 66.4 Å². The minimum atomic E-state index is -0.730. The normalized spacial score (nSPS) is 13.1. The zero-order valence-electron chi connectivity index (χ0n) is 15.8. The van der Waals surface area contributed by atoms with Crippen molar-refractivity contribution in [3.63, 3.8) is 0 Å². The molecule has 0 saturated heterocycles. The molecule has 0 radical (unpaired) electrons. The van der Waals surface area contributed by atoms with E-state index in [1.165, 1.54) is 22.2 Å². The van der Waals surface area contributed by atoms with Gasteiger partial charge in [0.25, 0.3) is 0 Å². The van der Waals surface area contributed by atoms with Crippen molar-refractivity contribution in [1.82, 2.24) is 0 Å². The number of allylic oxidation sites excluding steroid dienone is 6. The molecule has 2 rings (SSSR count). The van der Waals surface area contributed by atoms with E-state index in [0.29, 0.717) is 0 Å². The molecule has 0 unspecified atom stereocenters. The Hall–Kier alpha value is -1.79. The minimum absolute atomic E-state index is 0.111. The Morgan fingerprint density at radius 2 is 2.00 bits per heavy atom. The maximum Gasteiger partial charge on any atom is 0.313 e. The largest absolute Gasteiger partial charge is 0.481 e. The van der Waals surface area contributed by atoms with Crippen molar-refractivity contribution in [3.8, 4) is 0 Å². The Morgan fingerprint density at radius 3 is 2.54 bits per heavy atom. The van der Waals surface area contributed by atoms with E-state index in [4.69, 9.17) is 5.11 Å². The molecule has 2 N–H and O–H groups in total. The number of anilines is 1. The van der Waals surface area contributed by atoms with Crippen LogP contribution in [0.1, 0.15) is 42.4 Å². The molecule has 4 nitrogen and oxygen atoms in total. The summed E-state index contributed by atoms with van der Waals surface area (Å²) in [6.07, 6.45) is 9.83. The SMILES string of the molecule is CCSCC(=O)O.CCc1cc(C(=O)C2=CCC=C(C)C=C2)c(NC)s1. The number of thioether (sulfide) groups is 1. The lowest BCUT2D eigenvalue weighted by molar-refractivity contribution is -0.133. The number of ketones is 1. The number of carboxylic acid groups (broad SMARTS) is 1. The van der Waals surface area contributed by atoms with Crippen LogP contribution in [0.4, 0.5) is 5.00 Å². The standard InChI is InChI=1S/C16H19NOS.C4H8O2S/c1-4-13-10-14(16(17-3)19-13)15(18)12-7-5-6-11(2)8-9-12;1-2-7-3-4(5)6/h6-10,17H,4-5H2,1-3H3;2-3H2,1H3,(H,5,6). The fourth-order valence-electron chi connectivity index (χ4n) is 2.21. The summed E-state index contributed by atoms with van der Waals surface area (Å²) < 4.78 is 0. The van der Waals surface area contributed by atoms with Gasteiger partial charge in [0.15, 0.2) is 5.78 Å². The van der Waals surface area contributed by atoms with Crippen molar-refractivity contribution >= 4 is 39.9 Å². The van der Waals surface area contributed by atoms with Crippen molar-refractivity contribution in [2.75, 3.05) is 23.9 Å². The van der Waals surface area contributed by atoms with E-state index in [1.807, 2.05) is 38.3 Å². The molecule has 0 atom stereocenters. The highest BCUT2D eigenvalue weighted by atomic mass is 32.2. The van der Waals surface area contributed by atoms with Crippen LogP contribution in [0.3, 0.4) is 0 Å². The molecule has 26 heavy (non-hydrogen) atoms. The van der Waals surface area contributed by atoms with Gasteiger partial charge in [-0.1, -0.05) is 43.7 Å². The highest BCUT2D eigenvalue weighted by Crippen LogP contribution is 2.30. The summed E-state index contributed by atoms with van der Waals surface area (Å²) in [4.78, 5) is 23.6. The van der Waals surface area contributed by atoms with Crippen LogP contribution in [0.5, 0.6) is 0 Å². The number of rotatable bonds is 7. The second-order valence-electron chi connectivity index (χ2n) is 5.60. The molecule has 0 spiro atoms. The fraction of sp³-hybridized carbons (Fsp3) is 0.400. The molecule has 1 aliphatic carbocycles. The van der Waals surface area contributed by atoms with E-state index in [1.54, 1.807) is 11.3 Å². The molecule has 0 aromatic carbocycles. The Balaban J connectivity index is 0.000000412. The third-order valence-electron chi connectivity index (χ3n) is 3.60. The quantitative estimate of drug-likeness (QED) is 0.624. The molecule has 0 amide bonds. The van der Waals surface area contributed by atoms with Gasteiger partial charge in [-0.3, -0.25) is 9.59 Å². The first kappa shape index (κ1) is 22.3. The number of hydrogen-bond donors (Lipinski definition) is 2. The Bertz CT molecular complexity index is 715. The van der Waals surface area contributed by atoms with Crippen LogP contribution in [0.2, 0.25) is 0 Å². The van der Waals surface area contributed by atoms with Gasteiger partial charge in [-0.05, 0) is 31.6 Å². The second kappa shape index (κ2) is 11.8. The summed E-state index contributed by atoms with van der Waals surface area (Å²) in [5.74, 6) is 0.495. The molecule has 142 valence electrons. The molecule has 1 heterocycles. The smallest absolute Gasteiger partial charge is 0.313 e. The van der Waals surface area contributed by atoms with Crippen LogP contribution in [-0.4, -0.2) is 35.4 Å². The number of nitrogens with one attached hydrogen (secondary N) is 1. The van der Waals surface area contributed by atoms with Crippen LogP contribution < -0.4 is 5.32 Å². The van der Waals surface area contributed by atoms with Crippen LogP contribution in [0.15, 0.2) is 41.5 Å². The second-order valence-corrected chi connectivity index (χ2v) is 8.01. The van der Waals surface area contributed by atoms with Gasteiger partial charge in [-0.15, -0.1) is 11.3 Å². The lowest BCUT2D eigenvalue weighted by Crippen LogP contribution is -2.03. The van der Waals surface area contributed by atoms with Crippen molar-refractivity contribution in [2.24, 2.45) is 0 Å². The maximum absolute atomic E-state index is 12.6. The van der Waals surface area contributed by atoms with E-state index in [9.17, 15) is 9.59 Å². The van der Waals surface area contributed by atoms with Gasteiger partial charge < -0.3 is 10.4 Å². The Labute approximate surface area is 164 Å². The van der Waals surface area contributed by atoms with Gasteiger partial charge in [-0.25, -0.2) is 0 Å². The summed E-state index contributed by atoms with van der Waals surface area (Å²) in [6.45, 7) is 6.10. The number of carbonyl (C=O) groups is 2. The number of carboxylic acids is 1. The molecule has 0 aliphatic heterocycles. The van der Waals surface area contributed by atoms with E-state index in [0.717, 1.165) is 34.7 Å². The molecule has 1 aliphatic rings. The third-order valence-corrected chi connectivity index (χ3v) is 5.75. The van der Waals surface area contributed by atoms with Gasteiger partial charge in [0.2, 0.25) is 0 Å². The third kappa shape index (κ3) is 7.22. The monoisotopic (exact) mass is 393 g/mol. The van der Waals surface area contributed by atoms with Gasteiger partial charge in [-0.2, -0.15) is 11.8 Å². The first-order chi connectivity index (χ1) is 12.4. The molecular weight excluding hydrogens is 366 g/mol. The highest BCUT2D eigenvalue weighted by Gasteiger charge is 2.17. The van der Waals surface area contributed by atoms with Crippen molar-refractivity contribution in [3.05, 3.63) is 52.0 Å². The molecule has 0 bridgehead atoms. The van der Waals surface area contributed by atoms with Crippen molar-refractivity contribution in [2.45, 2.75) is 33.6 Å². The lowest BCUT2D eigenvalue weighted by Gasteiger charge is -2.02. The zero-order valence-corrected chi connectivity index (χ0v) is 17.4. The molecule has 0 fully saturated rings. The summed E-state index contributed by atoms with van der Waals surface area (Å²) in [6, 6.07) is 2.01.